The molecule has 9 rings (SSSR count). The molecule has 6 aromatic rings. The molecule has 3 aliphatic rings. The Hall–Kier alpha value is -7.71. The molecule has 2 atom stereocenters. The standard InChI is InChI=1S/C28H27BrFN5O5S.C27H29BrFN5O4S.CO2/c1-28(2)15-17(7-6-14-34-26(37)18-8-3-4-9-19(18)27(34)38)16-35(28)24-20(12-13-21(29)31-24)25(36)33-41(39,40)23-11-5-10-22(30)32-23;1-27(2)16-18(8-7-15-30-25(35)19-9-4-3-5-10-19)17-34(27)24-20(13-14-21(28)31-24)26(36)33-39(37,38)23-12-6-11-22(29)32-23;2-1-3/h3-5,8-13,17H,6-7,14-16H2,1-2H3,(H,33,36);3-6,9-14,18H,7-8,15-17H2,1-2H3,(H,30,35)(H,33,36);/t17-;18-;/m00./s1. The maximum absolute atomic E-state index is 13.5. The zero-order valence-corrected chi connectivity index (χ0v) is 49.9. The lowest BCUT2D eigenvalue weighted by atomic mass is 9.93. The average Bonchev–Trinajstić information content (AvgIpc) is 4.19. The molecular formula is C56H56Br2F2N10O11S2. The molecule has 3 aliphatic heterocycles. The summed E-state index contributed by atoms with van der Waals surface area (Å²) in [5.74, 6) is -3.37. The van der Waals surface area contributed by atoms with Crippen molar-refractivity contribution in [2.75, 3.05) is 36.0 Å². The molecule has 21 nitrogen and oxygen atoms in total. The summed E-state index contributed by atoms with van der Waals surface area (Å²) in [4.78, 5) is 101. The topological polar surface area (TPSA) is 285 Å². The highest BCUT2D eigenvalue weighted by Crippen LogP contribution is 2.41. The van der Waals surface area contributed by atoms with Crippen LogP contribution < -0.4 is 24.6 Å². The van der Waals surface area contributed by atoms with E-state index in [0.29, 0.717) is 70.1 Å². The first-order valence-electron chi connectivity index (χ1n) is 25.8. The first-order valence-corrected chi connectivity index (χ1v) is 30.4. The third kappa shape index (κ3) is 15.5. The first kappa shape index (κ1) is 62.9. The number of rotatable bonds is 17. The number of amides is 5. The molecule has 5 amide bonds. The van der Waals surface area contributed by atoms with Crippen molar-refractivity contribution in [3.63, 3.8) is 0 Å². The lowest BCUT2D eigenvalue weighted by molar-refractivity contribution is -0.191. The van der Waals surface area contributed by atoms with Gasteiger partial charge in [0.1, 0.15) is 20.8 Å². The van der Waals surface area contributed by atoms with E-state index in [9.17, 15) is 49.6 Å². The number of nitrogens with zero attached hydrogens (tertiary/aromatic N) is 7. The molecular weight excluding hydrogens is 1250 g/mol. The van der Waals surface area contributed by atoms with Gasteiger partial charge < -0.3 is 15.1 Å². The second kappa shape index (κ2) is 26.7. The maximum Gasteiger partial charge on any atom is 0.373 e. The van der Waals surface area contributed by atoms with Crippen molar-refractivity contribution < 1.29 is 59.2 Å². The molecule has 0 spiro atoms. The van der Waals surface area contributed by atoms with Crippen LogP contribution in [-0.2, 0) is 29.6 Å². The van der Waals surface area contributed by atoms with Gasteiger partial charge in [-0.2, -0.15) is 35.2 Å². The molecule has 0 bridgehead atoms. The smallest absolute Gasteiger partial charge is 0.352 e. The van der Waals surface area contributed by atoms with E-state index in [1.54, 1.807) is 42.5 Å². The fourth-order valence-corrected chi connectivity index (χ4v) is 12.8. The highest BCUT2D eigenvalue weighted by molar-refractivity contribution is 9.10. The predicted molar refractivity (Wildman–Crippen MR) is 305 cm³/mol. The number of anilines is 2. The minimum absolute atomic E-state index is 0.0351. The lowest BCUT2D eigenvalue weighted by Gasteiger charge is -2.33. The Labute approximate surface area is 494 Å². The van der Waals surface area contributed by atoms with E-state index in [2.05, 4.69) is 57.1 Å². The highest BCUT2D eigenvalue weighted by Gasteiger charge is 2.43. The van der Waals surface area contributed by atoms with Crippen molar-refractivity contribution in [2.24, 2.45) is 11.8 Å². The van der Waals surface area contributed by atoms with Gasteiger partial charge in [0.2, 0.25) is 11.9 Å². The third-order valence-corrected chi connectivity index (χ3v) is 17.3. The molecule has 27 heteroatoms. The Bertz CT molecular complexity index is 3670. The Morgan fingerprint density at radius 1 is 0.590 bits per heavy atom. The van der Waals surface area contributed by atoms with Crippen molar-refractivity contribution in [3.8, 4) is 0 Å². The fourth-order valence-electron chi connectivity index (χ4n) is 10.3. The number of carbonyl (C=O) groups is 5. The van der Waals surface area contributed by atoms with E-state index in [1.165, 1.54) is 35.2 Å². The molecule has 7 heterocycles. The van der Waals surface area contributed by atoms with Crippen LogP contribution in [0.2, 0.25) is 0 Å². The van der Waals surface area contributed by atoms with Crippen molar-refractivity contribution in [2.45, 2.75) is 87.3 Å². The van der Waals surface area contributed by atoms with Gasteiger partial charge in [-0.3, -0.25) is 28.9 Å². The second-order valence-corrected chi connectivity index (χ2v) is 25.6. The normalized spacial score (nSPS) is 16.8. The number of imide groups is 1. The zero-order chi connectivity index (χ0) is 60.4. The van der Waals surface area contributed by atoms with E-state index < -0.39 is 59.3 Å². The van der Waals surface area contributed by atoms with Crippen molar-refractivity contribution in [3.05, 3.63) is 164 Å². The van der Waals surface area contributed by atoms with Crippen LogP contribution in [-0.4, -0.2) is 115 Å². The Balaban J connectivity index is 0.000000228. The Morgan fingerprint density at radius 2 is 1.01 bits per heavy atom. The fraction of sp³-hybridized carbons (Fsp3) is 0.321. The summed E-state index contributed by atoms with van der Waals surface area (Å²) in [6.45, 7) is 10.1. The molecule has 4 aromatic heterocycles. The van der Waals surface area contributed by atoms with Crippen molar-refractivity contribution in [1.29, 1.82) is 0 Å². The van der Waals surface area contributed by atoms with Crippen LogP contribution in [0.25, 0.3) is 0 Å². The first-order chi connectivity index (χ1) is 39.2. The predicted octanol–water partition coefficient (Wildman–Crippen LogP) is 7.91. The number of nitrogens with one attached hydrogen (secondary N) is 3. The SMILES string of the molecule is CC1(C)C[C@H](CCCN2C(=O)c3ccccc3C2=O)CN1c1nc(Br)ccc1C(=O)NS(=O)(=O)c1cccc(F)n1.CC1(C)C[C@H](CCCNC(=O)c2ccccc2)CN1c1nc(Br)ccc1C(=O)NS(=O)(=O)c1cccc(F)n1.O=C=O. The quantitative estimate of drug-likeness (QED) is 0.0444. The molecule has 436 valence electrons. The average molecular weight is 1310 g/mol. The number of hydrogen-bond acceptors (Lipinski definition) is 17. The third-order valence-electron chi connectivity index (χ3n) is 14.0. The van der Waals surface area contributed by atoms with Crippen LogP contribution >= 0.6 is 31.9 Å². The molecule has 0 unspecified atom stereocenters. The van der Waals surface area contributed by atoms with Gasteiger partial charge in [0.05, 0.1) is 22.3 Å². The van der Waals surface area contributed by atoms with Gasteiger partial charge in [0.15, 0.2) is 10.1 Å². The number of fused-ring (bicyclic) bond motifs is 1. The van der Waals surface area contributed by atoms with E-state index in [4.69, 9.17) is 9.59 Å². The molecule has 0 saturated carbocycles. The molecule has 2 aromatic carbocycles. The maximum atomic E-state index is 13.5. The zero-order valence-electron chi connectivity index (χ0n) is 45.1. The van der Waals surface area contributed by atoms with Gasteiger partial charge in [-0.15, -0.1) is 0 Å². The number of aromatic nitrogens is 4. The minimum Gasteiger partial charge on any atom is -0.352 e. The van der Waals surface area contributed by atoms with E-state index in [0.717, 1.165) is 56.4 Å². The number of carbonyl (C=O) groups excluding carboxylic acids is 7. The van der Waals surface area contributed by atoms with Crippen LogP contribution in [0.5, 0.6) is 0 Å². The largest absolute Gasteiger partial charge is 0.373 e. The van der Waals surface area contributed by atoms with Gasteiger partial charge in [-0.1, -0.05) is 42.5 Å². The summed E-state index contributed by atoms with van der Waals surface area (Å²) >= 11 is 6.70. The Kier molecular flexibility index (Phi) is 20.2. The molecule has 3 N–H and O–H groups in total. The summed E-state index contributed by atoms with van der Waals surface area (Å²) in [6, 6.07) is 28.5. The molecule has 0 aliphatic carbocycles. The van der Waals surface area contributed by atoms with E-state index >= 15 is 0 Å². The summed E-state index contributed by atoms with van der Waals surface area (Å²) in [5.41, 5.74) is 0.762. The van der Waals surface area contributed by atoms with Crippen LogP contribution in [0.4, 0.5) is 20.4 Å². The number of pyridine rings is 4. The summed E-state index contributed by atoms with van der Waals surface area (Å²) in [7, 11) is -8.84. The number of hydrogen-bond donors (Lipinski definition) is 3. The minimum atomic E-state index is -4.44. The summed E-state index contributed by atoms with van der Waals surface area (Å²) < 4.78 is 82.8. The highest BCUT2D eigenvalue weighted by atomic mass is 79.9. The van der Waals surface area contributed by atoms with Crippen LogP contribution in [0.3, 0.4) is 0 Å². The monoisotopic (exact) mass is 1300 g/mol. The van der Waals surface area contributed by atoms with Gasteiger partial charge in [-0.05, 0) is 183 Å². The molecule has 83 heavy (non-hydrogen) atoms. The van der Waals surface area contributed by atoms with Crippen LogP contribution in [0, 0.1) is 23.7 Å². The van der Waals surface area contributed by atoms with Gasteiger partial charge in [0.25, 0.3) is 49.6 Å². The van der Waals surface area contributed by atoms with Crippen LogP contribution in [0.15, 0.2) is 135 Å². The van der Waals surface area contributed by atoms with Gasteiger partial charge in [0, 0.05) is 42.8 Å². The van der Waals surface area contributed by atoms with Crippen LogP contribution in [0.1, 0.15) is 118 Å². The lowest BCUT2D eigenvalue weighted by Crippen LogP contribution is -2.41. The van der Waals surface area contributed by atoms with E-state index in [1.807, 2.05) is 65.1 Å². The number of halogens is 4. The second-order valence-electron chi connectivity index (χ2n) is 20.8. The van der Waals surface area contributed by atoms with E-state index in [-0.39, 0.29) is 52.4 Å². The Morgan fingerprint density at radius 3 is 1.45 bits per heavy atom. The summed E-state index contributed by atoms with van der Waals surface area (Å²) in [6.07, 6.45) is 4.78. The number of sulfonamides is 2. The molecule has 2 fully saturated rings. The molecule has 2 saturated heterocycles. The van der Waals surface area contributed by atoms with Gasteiger partial charge >= 0.3 is 6.15 Å². The molecule has 0 radical (unpaired) electrons. The number of benzene rings is 2. The van der Waals surface area contributed by atoms with Gasteiger partial charge in [-0.25, -0.2) is 29.4 Å². The van der Waals surface area contributed by atoms with Crippen molar-refractivity contribution >= 4 is 99.2 Å². The summed E-state index contributed by atoms with van der Waals surface area (Å²) in [5, 5.41) is 1.74. The van der Waals surface area contributed by atoms with Crippen molar-refractivity contribution in [1.82, 2.24) is 39.6 Å².